The van der Waals surface area contributed by atoms with Gasteiger partial charge < -0.3 is 5.32 Å². The van der Waals surface area contributed by atoms with E-state index in [1.54, 1.807) is 17.4 Å². The summed E-state index contributed by atoms with van der Waals surface area (Å²) in [5.74, 6) is 0.289. The van der Waals surface area contributed by atoms with Crippen LogP contribution < -0.4 is 5.32 Å². The maximum absolute atomic E-state index is 13.5. The van der Waals surface area contributed by atoms with Gasteiger partial charge in [0.1, 0.15) is 10.8 Å². The lowest BCUT2D eigenvalue weighted by Gasteiger charge is -2.17. The number of hydrogen-bond donors (Lipinski definition) is 1. The smallest absolute Gasteiger partial charge is 0.126 e. The molecule has 4 heteroatoms. The fraction of sp³-hybridized carbons (Fsp3) is 0.471. The second-order valence-corrected chi connectivity index (χ2v) is 7.04. The highest BCUT2D eigenvalue weighted by atomic mass is 32.1. The Hall–Kier alpha value is -1.26. The molecule has 1 saturated carbocycles. The van der Waals surface area contributed by atoms with Crippen LogP contribution in [0, 0.1) is 12.7 Å². The zero-order valence-electron chi connectivity index (χ0n) is 12.7. The van der Waals surface area contributed by atoms with Gasteiger partial charge in [0.2, 0.25) is 0 Å². The number of aromatic nitrogens is 1. The summed E-state index contributed by atoms with van der Waals surface area (Å²) in [5, 5.41) is 6.86. The third-order valence-corrected chi connectivity index (χ3v) is 4.80. The Kier molecular flexibility index (Phi) is 4.09. The van der Waals surface area contributed by atoms with Gasteiger partial charge in [-0.3, -0.25) is 0 Å². The van der Waals surface area contributed by atoms with Gasteiger partial charge in [-0.05, 0) is 42.9 Å². The molecular weight excluding hydrogens is 283 g/mol. The van der Waals surface area contributed by atoms with Crippen molar-refractivity contribution in [2.24, 2.45) is 0 Å². The molecule has 1 aromatic heterocycles. The zero-order chi connectivity index (χ0) is 15.0. The quantitative estimate of drug-likeness (QED) is 0.876. The van der Waals surface area contributed by atoms with Crippen molar-refractivity contribution in [3.05, 3.63) is 51.2 Å². The van der Waals surface area contributed by atoms with Crippen molar-refractivity contribution in [1.29, 1.82) is 0 Å². The number of aryl methyl sites for hydroxylation is 1. The third kappa shape index (κ3) is 3.33. The second kappa shape index (κ2) is 5.85. The van der Waals surface area contributed by atoms with E-state index in [1.807, 2.05) is 19.1 Å². The number of nitrogens with zero attached hydrogens (tertiary/aromatic N) is 1. The van der Waals surface area contributed by atoms with Gasteiger partial charge in [-0.25, -0.2) is 9.37 Å². The molecule has 2 nitrogen and oxygen atoms in total. The van der Waals surface area contributed by atoms with Crippen molar-refractivity contribution >= 4 is 11.3 Å². The van der Waals surface area contributed by atoms with E-state index < -0.39 is 0 Å². The Labute approximate surface area is 129 Å². The number of thiazole rings is 1. The standard InChI is InChI=1S/C17H21FN2S/c1-10(2)15-9-21-17(20-15)16(19-13-5-6-13)12-4-7-14(18)11(3)8-12/h4,7-10,13,16,19H,5-6H2,1-3H3. The predicted molar refractivity (Wildman–Crippen MR) is 85.3 cm³/mol. The largest absolute Gasteiger partial charge is 0.301 e. The van der Waals surface area contributed by atoms with Crippen LogP contribution in [0.3, 0.4) is 0 Å². The van der Waals surface area contributed by atoms with Crippen LogP contribution in [0.5, 0.6) is 0 Å². The molecule has 0 spiro atoms. The molecule has 0 saturated heterocycles. The Morgan fingerprint density at radius 2 is 2.10 bits per heavy atom. The molecule has 0 amide bonds. The minimum absolute atomic E-state index is 0.0781. The average Bonchev–Trinajstić information content (AvgIpc) is 3.13. The molecule has 1 heterocycles. The maximum atomic E-state index is 13.5. The van der Waals surface area contributed by atoms with Gasteiger partial charge >= 0.3 is 0 Å². The van der Waals surface area contributed by atoms with Crippen LogP contribution in [0.2, 0.25) is 0 Å². The van der Waals surface area contributed by atoms with Gasteiger partial charge in [0, 0.05) is 11.4 Å². The van der Waals surface area contributed by atoms with Crippen LogP contribution in [0.15, 0.2) is 23.6 Å². The van der Waals surface area contributed by atoms with Crippen LogP contribution in [0.25, 0.3) is 0 Å². The van der Waals surface area contributed by atoms with E-state index in [9.17, 15) is 4.39 Å². The van der Waals surface area contributed by atoms with Crippen LogP contribution in [-0.4, -0.2) is 11.0 Å². The van der Waals surface area contributed by atoms with Crippen LogP contribution >= 0.6 is 11.3 Å². The summed E-state index contributed by atoms with van der Waals surface area (Å²) in [7, 11) is 0. The highest BCUT2D eigenvalue weighted by Crippen LogP contribution is 2.32. The lowest BCUT2D eigenvalue weighted by atomic mass is 10.0. The van der Waals surface area contributed by atoms with Gasteiger partial charge in [0.25, 0.3) is 0 Å². The fourth-order valence-corrected chi connectivity index (χ4v) is 3.41. The van der Waals surface area contributed by atoms with Gasteiger partial charge in [-0.2, -0.15) is 0 Å². The molecule has 2 aromatic rings. The van der Waals surface area contributed by atoms with E-state index in [0.717, 1.165) is 16.3 Å². The van der Waals surface area contributed by atoms with Crippen LogP contribution in [-0.2, 0) is 0 Å². The van der Waals surface area contributed by atoms with E-state index in [0.29, 0.717) is 17.5 Å². The first-order valence-electron chi connectivity index (χ1n) is 7.52. The monoisotopic (exact) mass is 304 g/mol. The summed E-state index contributed by atoms with van der Waals surface area (Å²) in [6.07, 6.45) is 2.44. The Morgan fingerprint density at radius 3 is 2.67 bits per heavy atom. The van der Waals surface area contributed by atoms with Crippen LogP contribution in [0.4, 0.5) is 4.39 Å². The molecule has 1 N–H and O–H groups in total. The summed E-state index contributed by atoms with van der Waals surface area (Å²) in [5.41, 5.74) is 2.93. The fourth-order valence-electron chi connectivity index (χ4n) is 2.34. The first kappa shape index (κ1) is 14.7. The molecule has 3 rings (SSSR count). The lowest BCUT2D eigenvalue weighted by molar-refractivity contribution is 0.587. The molecule has 1 aliphatic carbocycles. The first-order chi connectivity index (χ1) is 10.0. The van der Waals surface area contributed by atoms with Crippen molar-refractivity contribution in [3.63, 3.8) is 0 Å². The van der Waals surface area contributed by atoms with E-state index in [4.69, 9.17) is 4.98 Å². The minimum atomic E-state index is -0.147. The number of hydrogen-bond acceptors (Lipinski definition) is 3. The summed E-state index contributed by atoms with van der Waals surface area (Å²) in [4.78, 5) is 4.78. The third-order valence-electron chi connectivity index (χ3n) is 3.87. The highest BCUT2D eigenvalue weighted by molar-refractivity contribution is 7.09. The van der Waals surface area contributed by atoms with Gasteiger partial charge in [0.05, 0.1) is 11.7 Å². The average molecular weight is 304 g/mol. The zero-order valence-corrected chi connectivity index (χ0v) is 13.5. The molecule has 21 heavy (non-hydrogen) atoms. The second-order valence-electron chi connectivity index (χ2n) is 6.15. The maximum Gasteiger partial charge on any atom is 0.126 e. The van der Waals surface area contributed by atoms with E-state index >= 15 is 0 Å². The van der Waals surface area contributed by atoms with E-state index in [-0.39, 0.29) is 11.9 Å². The molecular formula is C17H21FN2S. The molecule has 1 aromatic carbocycles. The molecule has 1 aliphatic rings. The number of nitrogens with one attached hydrogen (secondary N) is 1. The molecule has 1 unspecified atom stereocenters. The SMILES string of the molecule is Cc1cc(C(NC2CC2)c2nc(C(C)C)cs2)ccc1F. The number of benzene rings is 1. The molecule has 0 bridgehead atoms. The molecule has 0 radical (unpaired) electrons. The molecule has 1 atom stereocenters. The number of rotatable bonds is 5. The topological polar surface area (TPSA) is 24.9 Å². The van der Waals surface area contributed by atoms with Gasteiger partial charge in [-0.15, -0.1) is 11.3 Å². The summed E-state index contributed by atoms with van der Waals surface area (Å²) < 4.78 is 13.5. The van der Waals surface area contributed by atoms with Crippen LogP contribution in [0.1, 0.15) is 60.5 Å². The first-order valence-corrected chi connectivity index (χ1v) is 8.40. The molecule has 0 aliphatic heterocycles. The molecule has 1 fully saturated rings. The molecule has 112 valence electrons. The van der Waals surface area contributed by atoms with E-state index in [2.05, 4.69) is 24.5 Å². The van der Waals surface area contributed by atoms with Gasteiger partial charge in [-0.1, -0.05) is 26.0 Å². The summed E-state index contributed by atoms with van der Waals surface area (Å²) in [6, 6.07) is 6.02. The summed E-state index contributed by atoms with van der Waals surface area (Å²) >= 11 is 1.69. The predicted octanol–water partition coefficient (Wildman–Crippen LogP) is 4.56. The van der Waals surface area contributed by atoms with Crippen molar-refractivity contribution in [3.8, 4) is 0 Å². The van der Waals surface area contributed by atoms with Crippen molar-refractivity contribution in [2.45, 2.75) is 51.6 Å². The Bertz CT molecular complexity index is 631. The normalized spacial score (nSPS) is 16.4. The van der Waals surface area contributed by atoms with Crippen molar-refractivity contribution in [2.75, 3.05) is 0 Å². The Morgan fingerprint density at radius 1 is 1.33 bits per heavy atom. The lowest BCUT2D eigenvalue weighted by Crippen LogP contribution is -2.24. The minimum Gasteiger partial charge on any atom is -0.301 e. The van der Waals surface area contributed by atoms with Crippen molar-refractivity contribution in [1.82, 2.24) is 10.3 Å². The summed E-state index contributed by atoms with van der Waals surface area (Å²) in [6.45, 7) is 6.13. The van der Waals surface area contributed by atoms with E-state index in [1.165, 1.54) is 12.8 Å². The highest BCUT2D eigenvalue weighted by Gasteiger charge is 2.28. The van der Waals surface area contributed by atoms with Crippen molar-refractivity contribution < 1.29 is 4.39 Å². The Balaban J connectivity index is 1.93. The number of halogens is 1. The van der Waals surface area contributed by atoms with Gasteiger partial charge in [0.15, 0.2) is 0 Å².